The lowest BCUT2D eigenvalue weighted by Crippen LogP contribution is -2.56. The zero-order valence-electron chi connectivity index (χ0n) is 16.5. The van der Waals surface area contributed by atoms with Gasteiger partial charge in [0.15, 0.2) is 0 Å². The number of methoxy groups -OCH3 is 2. The quantitative estimate of drug-likeness (QED) is 0.772. The third kappa shape index (κ3) is 4.05. The summed E-state index contributed by atoms with van der Waals surface area (Å²) in [5, 5.41) is 0. The molecule has 29 heavy (non-hydrogen) atoms. The van der Waals surface area contributed by atoms with E-state index < -0.39 is 0 Å². The van der Waals surface area contributed by atoms with Crippen LogP contribution in [-0.2, 0) is 16.1 Å². The topological polar surface area (TPSA) is 70.1 Å². The standard InChI is InChI=1S/C22H24N2O5/c1-26-20-9-8-19(21(23-20)27-2)16-10-17-13-28-14-18(11-16)24(17)22(25)29-12-15-6-4-3-5-7-15/h3-10,17-18H,11-14H2,1-2H3. The number of aromatic nitrogens is 1. The van der Waals surface area contributed by atoms with Crippen molar-refractivity contribution in [3.8, 4) is 11.8 Å². The maximum absolute atomic E-state index is 12.8. The van der Waals surface area contributed by atoms with Gasteiger partial charge in [-0.3, -0.25) is 4.90 Å². The van der Waals surface area contributed by atoms with E-state index in [1.807, 2.05) is 48.5 Å². The van der Waals surface area contributed by atoms with Crippen LogP contribution in [0.15, 0.2) is 48.5 Å². The molecule has 1 aromatic carbocycles. The first-order valence-electron chi connectivity index (χ1n) is 9.56. The van der Waals surface area contributed by atoms with Crippen LogP contribution in [0.3, 0.4) is 0 Å². The average Bonchev–Trinajstić information content (AvgIpc) is 2.76. The Labute approximate surface area is 169 Å². The molecule has 7 heteroatoms. The Morgan fingerprint density at radius 1 is 1.14 bits per heavy atom. The van der Waals surface area contributed by atoms with Crippen molar-refractivity contribution in [3.05, 3.63) is 59.7 Å². The van der Waals surface area contributed by atoms with Gasteiger partial charge in [0, 0.05) is 11.6 Å². The molecule has 0 N–H and O–H groups in total. The highest BCUT2D eigenvalue weighted by Crippen LogP contribution is 2.36. The second-order valence-electron chi connectivity index (χ2n) is 7.01. The van der Waals surface area contributed by atoms with Crippen LogP contribution >= 0.6 is 0 Å². The summed E-state index contributed by atoms with van der Waals surface area (Å²) in [6.07, 6.45) is 2.37. The molecule has 2 atom stereocenters. The predicted molar refractivity (Wildman–Crippen MR) is 107 cm³/mol. The number of pyridine rings is 1. The molecule has 4 rings (SSSR count). The SMILES string of the molecule is COc1ccc(C2=CC3COCC(C2)N3C(=O)OCc2ccccc2)c(OC)n1. The molecule has 0 saturated carbocycles. The number of morpholine rings is 1. The monoisotopic (exact) mass is 396 g/mol. The molecule has 2 aliphatic heterocycles. The molecular formula is C22H24N2O5. The average molecular weight is 396 g/mol. The lowest BCUT2D eigenvalue weighted by atomic mass is 9.90. The zero-order chi connectivity index (χ0) is 20.2. The van der Waals surface area contributed by atoms with Gasteiger partial charge < -0.3 is 18.9 Å². The lowest BCUT2D eigenvalue weighted by molar-refractivity contribution is -0.0342. The fraction of sp³-hybridized carbons (Fsp3) is 0.364. The Bertz CT molecular complexity index is 899. The second-order valence-corrected chi connectivity index (χ2v) is 7.01. The Kier molecular flexibility index (Phi) is 5.67. The smallest absolute Gasteiger partial charge is 0.411 e. The molecule has 152 valence electrons. The summed E-state index contributed by atoms with van der Waals surface area (Å²) < 4.78 is 21.9. The number of hydrogen-bond donors (Lipinski definition) is 0. The molecular weight excluding hydrogens is 372 g/mol. The molecule has 1 amide bonds. The van der Waals surface area contributed by atoms with Crippen LogP contribution < -0.4 is 9.47 Å². The summed E-state index contributed by atoms with van der Waals surface area (Å²) in [6.45, 7) is 1.16. The van der Waals surface area contributed by atoms with Gasteiger partial charge in [0.05, 0.1) is 39.5 Å². The summed E-state index contributed by atoms with van der Waals surface area (Å²) in [7, 11) is 3.16. The number of rotatable bonds is 5. The van der Waals surface area contributed by atoms with Crippen LogP contribution in [0, 0.1) is 0 Å². The minimum absolute atomic E-state index is 0.0937. The van der Waals surface area contributed by atoms with Gasteiger partial charge in [-0.2, -0.15) is 4.98 Å². The normalized spacial score (nSPS) is 20.6. The zero-order valence-corrected chi connectivity index (χ0v) is 16.5. The van der Waals surface area contributed by atoms with Crippen molar-refractivity contribution < 1.29 is 23.7 Å². The number of carbonyl (C=O) groups excluding carboxylic acids is 1. The number of benzene rings is 1. The first-order chi connectivity index (χ1) is 14.2. The second kappa shape index (κ2) is 8.53. The first kappa shape index (κ1) is 19.3. The van der Waals surface area contributed by atoms with Crippen molar-refractivity contribution in [2.24, 2.45) is 0 Å². The minimum atomic E-state index is -0.317. The predicted octanol–water partition coefficient (Wildman–Crippen LogP) is 3.29. The summed E-state index contributed by atoms with van der Waals surface area (Å²) in [5.74, 6) is 1.01. The highest BCUT2D eigenvalue weighted by atomic mass is 16.6. The van der Waals surface area contributed by atoms with E-state index in [1.54, 1.807) is 19.1 Å². The number of amides is 1. The minimum Gasteiger partial charge on any atom is -0.481 e. The van der Waals surface area contributed by atoms with Gasteiger partial charge in [-0.05, 0) is 23.6 Å². The van der Waals surface area contributed by atoms with Gasteiger partial charge in [0.25, 0.3) is 0 Å². The highest BCUT2D eigenvalue weighted by molar-refractivity contribution is 5.76. The van der Waals surface area contributed by atoms with Crippen molar-refractivity contribution in [3.63, 3.8) is 0 Å². The van der Waals surface area contributed by atoms with Gasteiger partial charge >= 0.3 is 6.09 Å². The first-order valence-corrected chi connectivity index (χ1v) is 9.56. The van der Waals surface area contributed by atoms with Crippen LogP contribution in [-0.4, -0.2) is 55.5 Å². The fourth-order valence-electron chi connectivity index (χ4n) is 3.81. The van der Waals surface area contributed by atoms with Crippen LogP contribution in [0.1, 0.15) is 17.5 Å². The Hall–Kier alpha value is -3.06. The molecule has 2 bridgehead atoms. The van der Waals surface area contributed by atoms with E-state index >= 15 is 0 Å². The van der Waals surface area contributed by atoms with Gasteiger partial charge in [-0.15, -0.1) is 0 Å². The molecule has 2 aliphatic rings. The van der Waals surface area contributed by atoms with Crippen molar-refractivity contribution in [2.45, 2.75) is 25.1 Å². The number of ether oxygens (including phenoxy) is 4. The molecule has 0 radical (unpaired) electrons. The fourth-order valence-corrected chi connectivity index (χ4v) is 3.81. The summed E-state index contributed by atoms with van der Waals surface area (Å²) >= 11 is 0. The van der Waals surface area contributed by atoms with Crippen molar-refractivity contribution in [1.29, 1.82) is 0 Å². The maximum atomic E-state index is 12.8. The Morgan fingerprint density at radius 2 is 1.97 bits per heavy atom. The van der Waals surface area contributed by atoms with Gasteiger partial charge in [0.1, 0.15) is 6.61 Å². The summed E-state index contributed by atoms with van der Waals surface area (Å²) in [6, 6.07) is 13.1. The molecule has 1 aromatic heterocycles. The van der Waals surface area contributed by atoms with Crippen LogP contribution in [0.5, 0.6) is 11.8 Å². The molecule has 2 unspecified atom stereocenters. The van der Waals surface area contributed by atoms with E-state index in [9.17, 15) is 4.79 Å². The van der Waals surface area contributed by atoms with E-state index in [4.69, 9.17) is 18.9 Å². The molecule has 7 nitrogen and oxygen atoms in total. The lowest BCUT2D eigenvalue weighted by Gasteiger charge is -2.43. The van der Waals surface area contributed by atoms with Gasteiger partial charge in [-0.25, -0.2) is 4.79 Å². The highest BCUT2D eigenvalue weighted by Gasteiger charge is 2.39. The van der Waals surface area contributed by atoms with Crippen molar-refractivity contribution in [1.82, 2.24) is 9.88 Å². The van der Waals surface area contributed by atoms with E-state index in [2.05, 4.69) is 4.98 Å². The largest absolute Gasteiger partial charge is 0.481 e. The van der Waals surface area contributed by atoms with Gasteiger partial charge in [0.2, 0.25) is 11.8 Å². The van der Waals surface area contributed by atoms with Crippen LogP contribution in [0.25, 0.3) is 5.57 Å². The Balaban J connectivity index is 1.53. The molecule has 0 aliphatic carbocycles. The molecule has 2 aromatic rings. The third-order valence-corrected chi connectivity index (χ3v) is 5.20. The molecule has 1 saturated heterocycles. The van der Waals surface area contributed by atoms with E-state index in [-0.39, 0.29) is 24.8 Å². The van der Waals surface area contributed by atoms with E-state index in [0.717, 1.165) is 16.7 Å². The van der Waals surface area contributed by atoms with E-state index in [1.165, 1.54) is 0 Å². The number of hydrogen-bond acceptors (Lipinski definition) is 6. The van der Waals surface area contributed by atoms with Crippen LogP contribution in [0.4, 0.5) is 4.79 Å². The third-order valence-electron chi connectivity index (χ3n) is 5.20. The maximum Gasteiger partial charge on any atom is 0.411 e. The van der Waals surface area contributed by atoms with Crippen molar-refractivity contribution in [2.75, 3.05) is 27.4 Å². The summed E-state index contributed by atoms with van der Waals surface area (Å²) in [4.78, 5) is 19.0. The number of fused-ring (bicyclic) bond motifs is 2. The number of nitrogens with zero attached hydrogens (tertiary/aromatic N) is 2. The Morgan fingerprint density at radius 3 is 2.69 bits per heavy atom. The summed E-state index contributed by atoms with van der Waals surface area (Å²) in [5.41, 5.74) is 2.95. The van der Waals surface area contributed by atoms with Crippen LogP contribution in [0.2, 0.25) is 0 Å². The molecule has 1 fully saturated rings. The van der Waals surface area contributed by atoms with E-state index in [0.29, 0.717) is 31.4 Å². The van der Waals surface area contributed by atoms with Crippen molar-refractivity contribution >= 4 is 11.7 Å². The van der Waals surface area contributed by atoms with Gasteiger partial charge in [-0.1, -0.05) is 36.4 Å². The number of carbonyl (C=O) groups is 1. The molecule has 3 heterocycles. The molecule has 0 spiro atoms.